The molecule has 7 nitrogen and oxygen atoms in total. The summed E-state index contributed by atoms with van der Waals surface area (Å²) in [5.41, 5.74) is -3.31. The number of carbonyl (C=O) groups is 1. The summed E-state index contributed by atoms with van der Waals surface area (Å²) in [6.45, 7) is 1.55. The van der Waals surface area contributed by atoms with Crippen LogP contribution in [-0.2, 0) is 26.9 Å². The summed E-state index contributed by atoms with van der Waals surface area (Å²) in [4.78, 5) is 16.2. The number of rotatable bonds is 9. The molecule has 2 aromatic carbocycles. The minimum absolute atomic E-state index is 0.0226. The summed E-state index contributed by atoms with van der Waals surface area (Å²) in [5.74, 6) is 0.398. The lowest BCUT2D eigenvalue weighted by Crippen LogP contribution is -2.18. The number of aliphatic imine (C=N–C) groups is 1. The molecular formula is C23H22F6N4O3. The number of nitrogens with one attached hydrogen (secondary N) is 1. The fourth-order valence-corrected chi connectivity index (χ4v) is 3.43. The number of alkyl halides is 3. The molecule has 1 aliphatic heterocycles. The minimum Gasteiger partial charge on any atom is -0.379 e. The van der Waals surface area contributed by atoms with E-state index in [0.29, 0.717) is 19.3 Å². The third-order valence-corrected chi connectivity index (χ3v) is 5.13. The number of benzene rings is 2. The molecule has 0 saturated carbocycles. The molecule has 194 valence electrons. The van der Waals surface area contributed by atoms with Crippen molar-refractivity contribution in [3.05, 3.63) is 64.5 Å². The molecule has 1 heterocycles. The predicted octanol–water partition coefficient (Wildman–Crippen LogP) is 3.84. The van der Waals surface area contributed by atoms with Gasteiger partial charge in [0.1, 0.15) is 23.2 Å². The van der Waals surface area contributed by atoms with Crippen LogP contribution in [0.15, 0.2) is 40.4 Å². The Morgan fingerprint density at radius 2 is 1.94 bits per heavy atom. The average Bonchev–Trinajstić information content (AvgIpc) is 3.31. The second kappa shape index (κ2) is 12.0. The first-order valence-electron chi connectivity index (χ1n) is 10.7. The summed E-state index contributed by atoms with van der Waals surface area (Å²) in [7, 11) is 0. The number of amides is 1. The highest BCUT2D eigenvalue weighted by atomic mass is 19.4. The molecule has 36 heavy (non-hydrogen) atoms. The molecule has 1 saturated heterocycles. The fraction of sp³-hybridized carbons (Fsp3) is 0.348. The van der Waals surface area contributed by atoms with Crippen LogP contribution in [0.5, 0.6) is 0 Å². The van der Waals surface area contributed by atoms with Crippen LogP contribution in [0.3, 0.4) is 0 Å². The van der Waals surface area contributed by atoms with Gasteiger partial charge >= 0.3 is 6.18 Å². The average molecular weight is 516 g/mol. The van der Waals surface area contributed by atoms with Gasteiger partial charge in [-0.05, 0) is 30.2 Å². The van der Waals surface area contributed by atoms with Crippen molar-refractivity contribution in [1.29, 1.82) is 0 Å². The van der Waals surface area contributed by atoms with E-state index in [1.54, 1.807) is 0 Å². The zero-order valence-corrected chi connectivity index (χ0v) is 18.7. The first kappa shape index (κ1) is 27.1. The quantitative estimate of drug-likeness (QED) is 0.174. The third-order valence-electron chi connectivity index (χ3n) is 5.13. The van der Waals surface area contributed by atoms with Crippen LogP contribution in [0.4, 0.5) is 32.0 Å². The van der Waals surface area contributed by atoms with Crippen molar-refractivity contribution in [3.8, 4) is 0 Å². The molecule has 1 atom stereocenters. The normalized spacial score (nSPS) is 16.6. The van der Waals surface area contributed by atoms with Gasteiger partial charge in [0.25, 0.3) is 0 Å². The number of hydrazone groups is 1. The largest absolute Gasteiger partial charge is 0.419 e. The second-order valence-corrected chi connectivity index (χ2v) is 7.72. The topological polar surface area (TPSA) is 98.3 Å². The summed E-state index contributed by atoms with van der Waals surface area (Å²) < 4.78 is 92.7. The van der Waals surface area contributed by atoms with Crippen LogP contribution >= 0.6 is 0 Å². The Morgan fingerprint density at radius 1 is 1.22 bits per heavy atom. The monoisotopic (exact) mass is 516 g/mol. The second-order valence-electron chi connectivity index (χ2n) is 7.72. The van der Waals surface area contributed by atoms with Crippen LogP contribution in [-0.4, -0.2) is 50.3 Å². The highest BCUT2D eigenvalue weighted by Crippen LogP contribution is 2.32. The Balaban J connectivity index is 1.64. The summed E-state index contributed by atoms with van der Waals surface area (Å²) in [6.07, 6.45) is -3.91. The maximum Gasteiger partial charge on any atom is 0.419 e. The Hall–Kier alpha value is -3.45. The molecule has 3 rings (SSSR count). The van der Waals surface area contributed by atoms with E-state index in [2.05, 4.69) is 15.4 Å². The van der Waals surface area contributed by atoms with E-state index in [9.17, 15) is 31.1 Å². The molecule has 0 aromatic heterocycles. The molecule has 1 fully saturated rings. The third kappa shape index (κ3) is 7.04. The van der Waals surface area contributed by atoms with Crippen molar-refractivity contribution < 1.29 is 40.6 Å². The first-order chi connectivity index (χ1) is 17.1. The van der Waals surface area contributed by atoms with Gasteiger partial charge in [0.05, 0.1) is 43.4 Å². The van der Waals surface area contributed by atoms with E-state index in [0.717, 1.165) is 36.9 Å². The van der Waals surface area contributed by atoms with Crippen molar-refractivity contribution in [2.75, 3.05) is 31.7 Å². The number of hydrogen-bond donors (Lipinski definition) is 2. The Morgan fingerprint density at radius 3 is 2.56 bits per heavy atom. The van der Waals surface area contributed by atoms with Gasteiger partial charge in [-0.15, -0.1) is 0 Å². The molecule has 0 bridgehead atoms. The number of carbonyl (C=O) groups excluding carboxylic acids is 1. The SMILES string of the molecule is N/N=C(\C=NCCOC1CCOC1)c1c(F)cc(NC(=O)Cc2cccc(C(F)(F)F)c2F)cc1F. The lowest BCUT2D eigenvalue weighted by molar-refractivity contribution is -0.140. The number of nitrogens with zero attached hydrogens (tertiary/aromatic N) is 2. The van der Waals surface area contributed by atoms with Crippen LogP contribution in [0.25, 0.3) is 0 Å². The summed E-state index contributed by atoms with van der Waals surface area (Å²) in [6, 6.07) is 4.03. The highest BCUT2D eigenvalue weighted by Gasteiger charge is 2.35. The van der Waals surface area contributed by atoms with Crippen molar-refractivity contribution in [1.82, 2.24) is 0 Å². The Labute approximate surface area is 202 Å². The molecule has 0 radical (unpaired) electrons. The number of nitrogens with two attached hydrogens (primary N) is 1. The Kier molecular flexibility index (Phi) is 9.04. The smallest absolute Gasteiger partial charge is 0.379 e. The van der Waals surface area contributed by atoms with Gasteiger partial charge in [0, 0.05) is 18.5 Å². The first-order valence-corrected chi connectivity index (χ1v) is 10.7. The fourth-order valence-electron chi connectivity index (χ4n) is 3.43. The van der Waals surface area contributed by atoms with Crippen LogP contribution in [0.1, 0.15) is 23.1 Å². The van der Waals surface area contributed by atoms with E-state index >= 15 is 0 Å². The summed E-state index contributed by atoms with van der Waals surface area (Å²) in [5, 5.41) is 5.47. The Bertz CT molecular complexity index is 1120. The maximum atomic E-state index is 14.6. The van der Waals surface area contributed by atoms with E-state index < -0.39 is 52.6 Å². The van der Waals surface area contributed by atoms with Crippen LogP contribution < -0.4 is 11.2 Å². The van der Waals surface area contributed by atoms with E-state index in [-0.39, 0.29) is 30.7 Å². The minimum atomic E-state index is -4.94. The zero-order chi connectivity index (χ0) is 26.3. The number of hydrogen-bond acceptors (Lipinski definition) is 6. The zero-order valence-electron chi connectivity index (χ0n) is 18.7. The molecule has 0 spiro atoms. The van der Waals surface area contributed by atoms with Gasteiger partial charge < -0.3 is 20.6 Å². The van der Waals surface area contributed by atoms with E-state index in [1.165, 1.54) is 0 Å². The molecule has 1 amide bonds. The molecule has 2 aromatic rings. The van der Waals surface area contributed by atoms with Crippen molar-refractivity contribution in [2.24, 2.45) is 15.9 Å². The number of halogens is 6. The highest BCUT2D eigenvalue weighted by molar-refractivity contribution is 6.38. The number of anilines is 1. The standard InChI is InChI=1S/C23H22F6N4O3/c24-17-9-14(32-20(34)8-13-2-1-3-16(22(13)26)23(27,28)29)10-18(25)21(17)19(33-30)11-31-5-7-36-15-4-6-35-12-15/h1-3,9-11,15H,4-8,12,30H2,(H,32,34)/b31-11?,33-19+. The lowest BCUT2D eigenvalue weighted by atomic mass is 10.1. The molecule has 0 aliphatic carbocycles. The van der Waals surface area contributed by atoms with Crippen molar-refractivity contribution >= 4 is 23.5 Å². The maximum absolute atomic E-state index is 14.6. The predicted molar refractivity (Wildman–Crippen MR) is 119 cm³/mol. The number of ether oxygens (including phenoxy) is 2. The van der Waals surface area contributed by atoms with E-state index in [4.69, 9.17) is 15.3 Å². The molecular weight excluding hydrogens is 494 g/mol. The van der Waals surface area contributed by atoms with Gasteiger partial charge in [0.2, 0.25) is 5.91 Å². The van der Waals surface area contributed by atoms with Gasteiger partial charge in [-0.3, -0.25) is 9.79 Å². The molecule has 1 aliphatic rings. The van der Waals surface area contributed by atoms with Gasteiger partial charge in [-0.1, -0.05) is 12.1 Å². The van der Waals surface area contributed by atoms with Crippen molar-refractivity contribution in [2.45, 2.75) is 25.1 Å². The lowest BCUT2D eigenvalue weighted by Gasteiger charge is -2.12. The van der Waals surface area contributed by atoms with Gasteiger partial charge in [-0.2, -0.15) is 18.3 Å². The summed E-state index contributed by atoms with van der Waals surface area (Å²) >= 11 is 0. The van der Waals surface area contributed by atoms with Crippen LogP contribution in [0.2, 0.25) is 0 Å². The van der Waals surface area contributed by atoms with Crippen LogP contribution in [0, 0.1) is 17.5 Å². The van der Waals surface area contributed by atoms with Gasteiger partial charge in [0.15, 0.2) is 0 Å². The van der Waals surface area contributed by atoms with E-state index in [1.807, 2.05) is 0 Å². The van der Waals surface area contributed by atoms with Crippen molar-refractivity contribution in [3.63, 3.8) is 0 Å². The van der Waals surface area contributed by atoms with Gasteiger partial charge in [-0.25, -0.2) is 13.2 Å². The molecule has 3 N–H and O–H groups in total. The molecule has 1 unspecified atom stereocenters. The molecule has 13 heteroatoms.